The third-order valence-electron chi connectivity index (χ3n) is 2.86. The Morgan fingerprint density at radius 2 is 1.88 bits per heavy atom. The first kappa shape index (κ1) is 18.0. The number of benzene rings is 2. The van der Waals surface area contributed by atoms with Crippen molar-refractivity contribution in [3.8, 4) is 0 Å². The molecule has 0 aliphatic heterocycles. The molecular weight excluding hydrogens is 367 g/mol. The molecular formula is C14H9ClF3N3O2S. The number of nitro groups is 1. The molecule has 0 bridgehead atoms. The fourth-order valence-corrected chi connectivity index (χ4v) is 2.17. The van der Waals surface area contributed by atoms with Gasteiger partial charge in [0, 0.05) is 17.8 Å². The molecule has 0 aliphatic carbocycles. The van der Waals surface area contributed by atoms with E-state index in [4.69, 9.17) is 23.8 Å². The molecule has 2 aromatic rings. The number of alkyl halides is 3. The summed E-state index contributed by atoms with van der Waals surface area (Å²) in [5.74, 6) is 0. The summed E-state index contributed by atoms with van der Waals surface area (Å²) in [6, 6.07) is 8.16. The Morgan fingerprint density at radius 3 is 2.50 bits per heavy atom. The van der Waals surface area contributed by atoms with E-state index in [9.17, 15) is 23.3 Å². The highest BCUT2D eigenvalue weighted by molar-refractivity contribution is 7.80. The molecule has 126 valence electrons. The Kier molecular flexibility index (Phi) is 5.25. The van der Waals surface area contributed by atoms with Gasteiger partial charge in [0.05, 0.1) is 21.2 Å². The van der Waals surface area contributed by atoms with Crippen LogP contribution in [0.25, 0.3) is 0 Å². The molecule has 0 saturated heterocycles. The SMILES string of the molecule is O=[N+]([O-])c1ccc(Cl)c(NC(=S)Nc2cccc(C(F)(F)F)c2)c1. The average Bonchev–Trinajstić information content (AvgIpc) is 2.48. The van der Waals surface area contributed by atoms with Gasteiger partial charge in [-0.2, -0.15) is 13.2 Å². The number of non-ortho nitro benzene ring substituents is 1. The van der Waals surface area contributed by atoms with Crippen LogP contribution in [0.2, 0.25) is 5.02 Å². The summed E-state index contributed by atoms with van der Waals surface area (Å²) < 4.78 is 38.0. The molecule has 0 saturated carbocycles. The van der Waals surface area contributed by atoms with Crippen LogP contribution in [0.3, 0.4) is 0 Å². The first-order valence-corrected chi connectivity index (χ1v) is 7.14. The van der Waals surface area contributed by atoms with Gasteiger partial charge in [-0.05, 0) is 36.5 Å². The summed E-state index contributed by atoms with van der Waals surface area (Å²) in [7, 11) is 0. The van der Waals surface area contributed by atoms with Crippen molar-refractivity contribution in [2.45, 2.75) is 6.18 Å². The lowest BCUT2D eigenvalue weighted by Crippen LogP contribution is -2.19. The van der Waals surface area contributed by atoms with E-state index in [2.05, 4.69) is 10.6 Å². The van der Waals surface area contributed by atoms with Crippen LogP contribution in [0.15, 0.2) is 42.5 Å². The fourth-order valence-electron chi connectivity index (χ4n) is 1.78. The highest BCUT2D eigenvalue weighted by Crippen LogP contribution is 2.31. The number of nitrogens with one attached hydrogen (secondary N) is 2. The van der Waals surface area contributed by atoms with Crippen molar-refractivity contribution in [2.24, 2.45) is 0 Å². The number of thiocarbonyl (C=S) groups is 1. The highest BCUT2D eigenvalue weighted by atomic mass is 35.5. The van der Waals surface area contributed by atoms with Gasteiger partial charge in [-0.1, -0.05) is 17.7 Å². The van der Waals surface area contributed by atoms with Crippen LogP contribution < -0.4 is 10.6 Å². The lowest BCUT2D eigenvalue weighted by molar-refractivity contribution is -0.384. The monoisotopic (exact) mass is 375 g/mol. The summed E-state index contributed by atoms with van der Waals surface area (Å²) in [6.45, 7) is 0. The molecule has 2 aromatic carbocycles. The fraction of sp³-hybridized carbons (Fsp3) is 0.0714. The Balaban J connectivity index is 2.14. The normalized spacial score (nSPS) is 11.0. The van der Waals surface area contributed by atoms with E-state index in [0.29, 0.717) is 0 Å². The van der Waals surface area contributed by atoms with Crippen LogP contribution in [0, 0.1) is 10.1 Å². The van der Waals surface area contributed by atoms with Gasteiger partial charge in [0.15, 0.2) is 5.11 Å². The van der Waals surface area contributed by atoms with E-state index in [-0.39, 0.29) is 27.2 Å². The third-order valence-corrected chi connectivity index (χ3v) is 3.39. The van der Waals surface area contributed by atoms with Crippen LogP contribution >= 0.6 is 23.8 Å². The molecule has 0 amide bonds. The maximum absolute atomic E-state index is 12.7. The first-order chi connectivity index (χ1) is 11.2. The third kappa shape index (κ3) is 4.56. The maximum atomic E-state index is 12.7. The zero-order chi connectivity index (χ0) is 17.9. The molecule has 0 spiro atoms. The van der Waals surface area contributed by atoms with Crippen LogP contribution in [0.5, 0.6) is 0 Å². The van der Waals surface area contributed by atoms with E-state index in [1.54, 1.807) is 0 Å². The first-order valence-electron chi connectivity index (χ1n) is 6.36. The minimum absolute atomic E-state index is 0.0586. The molecule has 0 heterocycles. The molecule has 0 unspecified atom stereocenters. The van der Waals surface area contributed by atoms with E-state index in [0.717, 1.165) is 12.1 Å². The number of hydrogen-bond donors (Lipinski definition) is 2. The molecule has 0 atom stereocenters. The van der Waals surface area contributed by atoms with Crippen molar-refractivity contribution in [1.29, 1.82) is 0 Å². The Labute approximate surface area is 144 Å². The van der Waals surface area contributed by atoms with Gasteiger partial charge in [-0.25, -0.2) is 0 Å². The number of nitro benzene ring substituents is 1. The summed E-state index contributed by atoms with van der Waals surface area (Å²) in [4.78, 5) is 10.1. The van der Waals surface area contributed by atoms with Gasteiger partial charge in [0.1, 0.15) is 0 Å². The standard InChI is InChI=1S/C14H9ClF3N3O2S/c15-11-5-4-10(21(22)23)7-12(11)20-13(24)19-9-3-1-2-8(6-9)14(16,17)18/h1-7H,(H2,19,20,24). The van der Waals surface area contributed by atoms with Crippen LogP contribution in [0.1, 0.15) is 5.56 Å². The number of anilines is 2. The van der Waals surface area contributed by atoms with Crippen molar-refractivity contribution in [3.63, 3.8) is 0 Å². The van der Waals surface area contributed by atoms with Crippen molar-refractivity contribution in [2.75, 3.05) is 10.6 Å². The van der Waals surface area contributed by atoms with Gasteiger partial charge in [-0.3, -0.25) is 10.1 Å². The molecule has 0 aliphatic rings. The highest BCUT2D eigenvalue weighted by Gasteiger charge is 2.30. The summed E-state index contributed by atoms with van der Waals surface area (Å²) in [5, 5.41) is 16.1. The second-order valence-corrected chi connectivity index (χ2v) is 5.39. The lowest BCUT2D eigenvalue weighted by Gasteiger charge is -2.13. The summed E-state index contributed by atoms with van der Waals surface area (Å²) in [5.41, 5.74) is -0.758. The molecule has 2 rings (SSSR count). The number of hydrogen-bond acceptors (Lipinski definition) is 3. The molecule has 10 heteroatoms. The van der Waals surface area contributed by atoms with Crippen LogP contribution in [-0.2, 0) is 6.18 Å². The maximum Gasteiger partial charge on any atom is 0.416 e. The summed E-state index contributed by atoms with van der Waals surface area (Å²) in [6.07, 6.45) is -4.48. The van der Waals surface area contributed by atoms with Gasteiger partial charge in [0.25, 0.3) is 5.69 Å². The Bertz CT molecular complexity index is 799. The van der Waals surface area contributed by atoms with Gasteiger partial charge in [0.2, 0.25) is 0 Å². The van der Waals surface area contributed by atoms with Gasteiger partial charge >= 0.3 is 6.18 Å². The van der Waals surface area contributed by atoms with E-state index in [1.165, 1.54) is 30.3 Å². The van der Waals surface area contributed by atoms with E-state index >= 15 is 0 Å². The largest absolute Gasteiger partial charge is 0.416 e. The lowest BCUT2D eigenvalue weighted by atomic mass is 10.2. The Morgan fingerprint density at radius 1 is 1.17 bits per heavy atom. The zero-order valence-electron chi connectivity index (χ0n) is 11.7. The average molecular weight is 376 g/mol. The molecule has 24 heavy (non-hydrogen) atoms. The van der Waals surface area contributed by atoms with Crippen LogP contribution in [0.4, 0.5) is 30.2 Å². The predicted molar refractivity (Wildman–Crippen MR) is 89.4 cm³/mol. The van der Waals surface area contributed by atoms with E-state index < -0.39 is 16.7 Å². The van der Waals surface area contributed by atoms with Crippen molar-refractivity contribution in [1.82, 2.24) is 0 Å². The minimum Gasteiger partial charge on any atom is -0.332 e. The minimum atomic E-state index is -4.48. The van der Waals surface area contributed by atoms with Crippen LogP contribution in [-0.4, -0.2) is 10.0 Å². The second-order valence-electron chi connectivity index (χ2n) is 4.58. The predicted octanol–water partition coefficient (Wildman–Crippen LogP) is 5.08. The van der Waals surface area contributed by atoms with Crippen molar-refractivity contribution < 1.29 is 18.1 Å². The Hall–Kier alpha value is -2.39. The van der Waals surface area contributed by atoms with Gasteiger partial charge < -0.3 is 10.6 Å². The quantitative estimate of drug-likeness (QED) is 0.445. The molecule has 0 radical (unpaired) electrons. The topological polar surface area (TPSA) is 67.2 Å². The molecule has 5 nitrogen and oxygen atoms in total. The van der Waals surface area contributed by atoms with Crippen molar-refractivity contribution in [3.05, 3.63) is 63.2 Å². The van der Waals surface area contributed by atoms with E-state index in [1.807, 2.05) is 0 Å². The summed E-state index contributed by atoms with van der Waals surface area (Å²) >= 11 is 10.9. The smallest absolute Gasteiger partial charge is 0.332 e. The molecule has 0 aromatic heterocycles. The molecule has 2 N–H and O–H groups in total. The zero-order valence-corrected chi connectivity index (χ0v) is 13.3. The second kappa shape index (κ2) is 7.02. The number of halogens is 4. The number of nitrogens with zero attached hydrogens (tertiary/aromatic N) is 1. The molecule has 0 fully saturated rings. The van der Waals surface area contributed by atoms with Crippen molar-refractivity contribution >= 4 is 46.0 Å². The number of rotatable bonds is 3. The van der Waals surface area contributed by atoms with Gasteiger partial charge in [-0.15, -0.1) is 0 Å².